The molecule has 12 heteroatoms. The number of nitrogens with zero attached hydrogens (tertiary/aromatic N) is 1. The fourth-order valence-corrected chi connectivity index (χ4v) is 3.67. The average molecular weight is 459 g/mol. The minimum absolute atomic E-state index is 0.101. The Hall–Kier alpha value is -2.60. The molecule has 0 radical (unpaired) electrons. The molecular formula is C19H30N4O7S. The highest BCUT2D eigenvalue weighted by Crippen LogP contribution is 2.21. The second kappa shape index (κ2) is 10.1. The number of piperidine rings is 1. The molecule has 1 saturated heterocycles. The third-order valence-corrected chi connectivity index (χ3v) is 5.78. The van der Waals surface area contributed by atoms with Crippen molar-refractivity contribution in [2.45, 2.75) is 44.3 Å². The van der Waals surface area contributed by atoms with Crippen LogP contribution in [0.2, 0.25) is 0 Å². The Kier molecular flexibility index (Phi) is 8.07. The quantitative estimate of drug-likeness (QED) is 0.509. The fourth-order valence-electron chi connectivity index (χ4n) is 3.02. The number of likely N-dealkylation sites (tertiary alicyclic amines) is 1. The Morgan fingerprint density at radius 3 is 2.52 bits per heavy atom. The van der Waals surface area contributed by atoms with E-state index in [1.54, 1.807) is 20.8 Å². The standard InChI is InChI=1S/C19H30N4O7S/c1-19(2,3)30-18(26)22-10-9-21-16(24)13-6-5-11-23(12-13)17(25)14-7-8-15(29-14)31(27,28)20-4/h7-8,13,20H,5-6,9-12H2,1-4H3,(H,21,24)(H,22,26). The highest BCUT2D eigenvalue weighted by atomic mass is 32.2. The molecular weight excluding hydrogens is 428 g/mol. The molecule has 0 aromatic carbocycles. The first-order valence-corrected chi connectivity index (χ1v) is 11.5. The predicted octanol–water partition coefficient (Wildman–Crippen LogP) is 0.681. The van der Waals surface area contributed by atoms with E-state index in [2.05, 4.69) is 15.4 Å². The lowest BCUT2D eigenvalue weighted by molar-refractivity contribution is -0.126. The first kappa shape index (κ1) is 24.7. The van der Waals surface area contributed by atoms with E-state index in [4.69, 9.17) is 9.15 Å². The lowest BCUT2D eigenvalue weighted by Crippen LogP contribution is -2.46. The van der Waals surface area contributed by atoms with Gasteiger partial charge in [-0.2, -0.15) is 0 Å². The lowest BCUT2D eigenvalue weighted by atomic mass is 9.97. The zero-order valence-electron chi connectivity index (χ0n) is 18.2. The number of alkyl carbamates (subject to hydrolysis) is 1. The highest BCUT2D eigenvalue weighted by molar-refractivity contribution is 7.89. The number of carbonyl (C=O) groups excluding carboxylic acids is 3. The number of hydrogen-bond acceptors (Lipinski definition) is 7. The molecule has 3 N–H and O–H groups in total. The second-order valence-electron chi connectivity index (χ2n) is 8.14. The van der Waals surface area contributed by atoms with Gasteiger partial charge < -0.3 is 24.7 Å². The van der Waals surface area contributed by atoms with E-state index in [-0.39, 0.29) is 36.4 Å². The molecule has 174 valence electrons. The summed E-state index contributed by atoms with van der Waals surface area (Å²) in [6.45, 7) is 6.35. The van der Waals surface area contributed by atoms with Crippen molar-refractivity contribution in [2.24, 2.45) is 5.92 Å². The van der Waals surface area contributed by atoms with Crippen LogP contribution in [0.25, 0.3) is 0 Å². The van der Waals surface area contributed by atoms with Gasteiger partial charge in [0.15, 0.2) is 5.76 Å². The first-order valence-electron chi connectivity index (χ1n) is 10.00. The monoisotopic (exact) mass is 458 g/mol. The van der Waals surface area contributed by atoms with E-state index in [1.165, 1.54) is 24.1 Å². The van der Waals surface area contributed by atoms with E-state index in [9.17, 15) is 22.8 Å². The molecule has 0 saturated carbocycles. The lowest BCUT2D eigenvalue weighted by Gasteiger charge is -2.31. The van der Waals surface area contributed by atoms with Crippen LogP contribution in [0.1, 0.15) is 44.2 Å². The normalized spacial score (nSPS) is 17.2. The van der Waals surface area contributed by atoms with Crippen molar-refractivity contribution in [3.05, 3.63) is 17.9 Å². The van der Waals surface area contributed by atoms with E-state index < -0.39 is 33.5 Å². The third kappa shape index (κ3) is 7.24. The van der Waals surface area contributed by atoms with Crippen LogP contribution in [0.15, 0.2) is 21.6 Å². The molecule has 1 fully saturated rings. The number of hydrogen-bond donors (Lipinski definition) is 3. The molecule has 1 aromatic heterocycles. The number of sulfonamides is 1. The number of furan rings is 1. The van der Waals surface area contributed by atoms with Gasteiger partial charge in [0.25, 0.3) is 15.9 Å². The van der Waals surface area contributed by atoms with Gasteiger partial charge in [0.05, 0.1) is 5.92 Å². The van der Waals surface area contributed by atoms with Gasteiger partial charge in [-0.25, -0.2) is 17.9 Å². The number of amides is 3. The van der Waals surface area contributed by atoms with E-state index in [0.717, 1.165) is 0 Å². The summed E-state index contributed by atoms with van der Waals surface area (Å²) in [5.41, 5.74) is -0.600. The number of carbonyl (C=O) groups is 3. The molecule has 1 atom stereocenters. The minimum Gasteiger partial charge on any atom is -0.444 e. The summed E-state index contributed by atoms with van der Waals surface area (Å²) in [7, 11) is -2.54. The van der Waals surface area contributed by atoms with Gasteiger partial charge in [0.2, 0.25) is 11.0 Å². The smallest absolute Gasteiger partial charge is 0.407 e. The fraction of sp³-hybridized carbons (Fsp3) is 0.632. The molecule has 11 nitrogen and oxygen atoms in total. The third-order valence-electron chi connectivity index (χ3n) is 4.50. The molecule has 1 aromatic rings. The van der Waals surface area contributed by atoms with Crippen molar-refractivity contribution in [3.8, 4) is 0 Å². The van der Waals surface area contributed by atoms with Crippen LogP contribution < -0.4 is 15.4 Å². The van der Waals surface area contributed by atoms with Crippen molar-refractivity contribution < 1.29 is 32.0 Å². The average Bonchev–Trinajstić information content (AvgIpc) is 3.20. The molecule has 1 aliphatic rings. The van der Waals surface area contributed by atoms with Crippen molar-refractivity contribution in [1.29, 1.82) is 0 Å². The van der Waals surface area contributed by atoms with Gasteiger partial charge in [0.1, 0.15) is 5.60 Å². The maximum Gasteiger partial charge on any atom is 0.407 e. The SMILES string of the molecule is CNS(=O)(=O)c1ccc(C(=O)N2CCCC(C(=O)NCCNC(=O)OC(C)(C)C)C2)o1. The van der Waals surface area contributed by atoms with Crippen LogP contribution >= 0.6 is 0 Å². The topological polar surface area (TPSA) is 147 Å². The van der Waals surface area contributed by atoms with Crippen LogP contribution in [-0.4, -0.2) is 70.1 Å². The zero-order chi connectivity index (χ0) is 23.2. The number of nitrogens with one attached hydrogen (secondary N) is 3. The van der Waals surface area contributed by atoms with Crippen LogP contribution in [0.5, 0.6) is 0 Å². The summed E-state index contributed by atoms with van der Waals surface area (Å²) in [4.78, 5) is 38.2. The Morgan fingerprint density at radius 2 is 1.87 bits per heavy atom. The summed E-state index contributed by atoms with van der Waals surface area (Å²) in [6.07, 6.45) is 0.684. The van der Waals surface area contributed by atoms with Gasteiger partial charge in [-0.15, -0.1) is 0 Å². The zero-order valence-corrected chi connectivity index (χ0v) is 19.0. The molecule has 0 spiro atoms. The maximum atomic E-state index is 12.7. The van der Waals surface area contributed by atoms with Crippen molar-refractivity contribution in [1.82, 2.24) is 20.3 Å². The Morgan fingerprint density at radius 1 is 1.19 bits per heavy atom. The van der Waals surface area contributed by atoms with Crippen molar-refractivity contribution in [3.63, 3.8) is 0 Å². The maximum absolute atomic E-state index is 12.7. The van der Waals surface area contributed by atoms with Crippen LogP contribution in [0.3, 0.4) is 0 Å². The summed E-state index contributed by atoms with van der Waals surface area (Å²) in [5.74, 6) is -1.20. The van der Waals surface area contributed by atoms with Crippen LogP contribution in [0, 0.1) is 5.92 Å². The van der Waals surface area contributed by atoms with Gasteiger partial charge in [-0.05, 0) is 52.8 Å². The van der Waals surface area contributed by atoms with E-state index in [0.29, 0.717) is 19.4 Å². The molecule has 1 unspecified atom stereocenters. The van der Waals surface area contributed by atoms with Crippen molar-refractivity contribution in [2.75, 3.05) is 33.2 Å². The highest BCUT2D eigenvalue weighted by Gasteiger charge is 2.31. The van der Waals surface area contributed by atoms with Gasteiger partial charge in [-0.1, -0.05) is 0 Å². The summed E-state index contributed by atoms with van der Waals surface area (Å²) < 4.78 is 36.0. The summed E-state index contributed by atoms with van der Waals surface area (Å²) in [5, 5.41) is 4.96. The van der Waals surface area contributed by atoms with Gasteiger partial charge >= 0.3 is 6.09 Å². The first-order chi connectivity index (χ1) is 14.4. The van der Waals surface area contributed by atoms with E-state index >= 15 is 0 Å². The van der Waals surface area contributed by atoms with Gasteiger partial charge in [0, 0.05) is 26.2 Å². The van der Waals surface area contributed by atoms with Crippen LogP contribution in [0.4, 0.5) is 4.79 Å². The Balaban J connectivity index is 1.84. The summed E-state index contributed by atoms with van der Waals surface area (Å²) in [6, 6.07) is 2.52. The van der Waals surface area contributed by atoms with Crippen molar-refractivity contribution >= 4 is 27.9 Å². The van der Waals surface area contributed by atoms with Crippen LogP contribution in [-0.2, 0) is 19.6 Å². The number of rotatable bonds is 7. The molecule has 2 rings (SSSR count). The molecule has 2 heterocycles. The molecule has 3 amide bonds. The molecule has 0 aliphatic carbocycles. The minimum atomic E-state index is -3.79. The second-order valence-corrected chi connectivity index (χ2v) is 9.95. The largest absolute Gasteiger partial charge is 0.444 e. The van der Waals surface area contributed by atoms with E-state index in [1.807, 2.05) is 0 Å². The molecule has 0 bridgehead atoms. The Bertz CT molecular complexity index is 905. The van der Waals surface area contributed by atoms with Gasteiger partial charge in [-0.3, -0.25) is 9.59 Å². The Labute approximate surface area is 181 Å². The molecule has 31 heavy (non-hydrogen) atoms. The predicted molar refractivity (Wildman–Crippen MR) is 111 cm³/mol. The number of ether oxygens (including phenoxy) is 1. The summed E-state index contributed by atoms with van der Waals surface area (Å²) >= 11 is 0. The molecule has 1 aliphatic heterocycles.